The standard InChI is InChI=1S/C21H32N4O3/c1-24-11-6-17(7-12-24)25-13-8-18(9-14-25)28-19-4-2-3-16(15-19)21(27)23-10-5-20(22)26/h2-4,15,17-18H,5-14H2,1H3,(H2,22,26)(H,23,27). The number of piperidine rings is 2. The van der Waals surface area contributed by atoms with Gasteiger partial charge in [0.2, 0.25) is 5.91 Å². The minimum Gasteiger partial charge on any atom is -0.490 e. The van der Waals surface area contributed by atoms with Gasteiger partial charge in [-0.25, -0.2) is 0 Å². The van der Waals surface area contributed by atoms with Crippen molar-refractivity contribution in [2.45, 2.75) is 44.2 Å². The van der Waals surface area contributed by atoms with E-state index in [1.165, 1.54) is 25.9 Å². The van der Waals surface area contributed by atoms with Crippen molar-refractivity contribution in [1.82, 2.24) is 15.1 Å². The van der Waals surface area contributed by atoms with E-state index in [-0.39, 0.29) is 25.0 Å². The molecule has 1 aromatic carbocycles. The smallest absolute Gasteiger partial charge is 0.251 e. The average molecular weight is 389 g/mol. The Bertz CT molecular complexity index is 665. The minimum atomic E-state index is -0.427. The number of primary amides is 1. The summed E-state index contributed by atoms with van der Waals surface area (Å²) in [6.07, 6.45) is 4.88. The first-order valence-electron chi connectivity index (χ1n) is 10.3. The van der Waals surface area contributed by atoms with Crippen molar-refractivity contribution in [3.63, 3.8) is 0 Å². The van der Waals surface area contributed by atoms with Crippen LogP contribution in [-0.2, 0) is 4.79 Å². The maximum Gasteiger partial charge on any atom is 0.251 e. The first-order valence-corrected chi connectivity index (χ1v) is 10.3. The number of hydrogen-bond donors (Lipinski definition) is 2. The van der Waals surface area contributed by atoms with Gasteiger partial charge in [-0.3, -0.25) is 9.59 Å². The molecule has 0 atom stereocenters. The molecule has 2 heterocycles. The fourth-order valence-corrected chi connectivity index (χ4v) is 4.02. The Morgan fingerprint density at radius 3 is 2.54 bits per heavy atom. The average Bonchev–Trinajstić information content (AvgIpc) is 2.69. The summed E-state index contributed by atoms with van der Waals surface area (Å²) in [5, 5.41) is 2.70. The zero-order chi connectivity index (χ0) is 19.9. The van der Waals surface area contributed by atoms with E-state index in [2.05, 4.69) is 22.2 Å². The normalized spacial score (nSPS) is 20.0. The van der Waals surface area contributed by atoms with Gasteiger partial charge in [0.1, 0.15) is 11.9 Å². The minimum absolute atomic E-state index is 0.137. The summed E-state index contributed by atoms with van der Waals surface area (Å²) in [5.41, 5.74) is 5.63. The molecule has 3 N–H and O–H groups in total. The molecule has 1 aromatic rings. The van der Waals surface area contributed by atoms with E-state index < -0.39 is 5.91 Å². The van der Waals surface area contributed by atoms with Gasteiger partial charge >= 0.3 is 0 Å². The molecule has 0 unspecified atom stereocenters. The fraction of sp³-hybridized carbons (Fsp3) is 0.619. The van der Waals surface area contributed by atoms with Gasteiger partial charge in [0.25, 0.3) is 5.91 Å². The van der Waals surface area contributed by atoms with Crippen LogP contribution in [-0.4, -0.2) is 73.5 Å². The van der Waals surface area contributed by atoms with Gasteiger partial charge in [-0.05, 0) is 64.0 Å². The summed E-state index contributed by atoms with van der Waals surface area (Å²) in [5.74, 6) is 0.0769. The molecule has 0 bridgehead atoms. The summed E-state index contributed by atoms with van der Waals surface area (Å²) in [6.45, 7) is 4.78. The largest absolute Gasteiger partial charge is 0.490 e. The van der Waals surface area contributed by atoms with Crippen molar-refractivity contribution in [2.75, 3.05) is 39.8 Å². The number of nitrogens with two attached hydrogens (primary N) is 1. The van der Waals surface area contributed by atoms with Crippen molar-refractivity contribution in [2.24, 2.45) is 5.73 Å². The number of carbonyl (C=O) groups excluding carboxylic acids is 2. The molecule has 2 fully saturated rings. The predicted octanol–water partition coefficient (Wildman–Crippen LogP) is 1.23. The Morgan fingerprint density at radius 2 is 1.86 bits per heavy atom. The summed E-state index contributed by atoms with van der Waals surface area (Å²) >= 11 is 0. The van der Waals surface area contributed by atoms with Crippen molar-refractivity contribution in [1.29, 1.82) is 0 Å². The maximum atomic E-state index is 12.2. The molecule has 28 heavy (non-hydrogen) atoms. The second-order valence-corrected chi connectivity index (χ2v) is 7.89. The van der Waals surface area contributed by atoms with E-state index in [1.807, 2.05) is 12.1 Å². The summed E-state index contributed by atoms with van der Waals surface area (Å²) in [4.78, 5) is 28.0. The van der Waals surface area contributed by atoms with Crippen LogP contribution in [0.5, 0.6) is 5.75 Å². The Balaban J connectivity index is 1.46. The SMILES string of the molecule is CN1CCC(N2CCC(Oc3cccc(C(=O)NCCC(N)=O)c3)CC2)CC1. The highest BCUT2D eigenvalue weighted by molar-refractivity contribution is 5.94. The molecular weight excluding hydrogens is 356 g/mol. The van der Waals surface area contributed by atoms with Crippen molar-refractivity contribution in [3.8, 4) is 5.75 Å². The van der Waals surface area contributed by atoms with E-state index in [1.54, 1.807) is 12.1 Å². The molecule has 7 heteroatoms. The zero-order valence-electron chi connectivity index (χ0n) is 16.7. The van der Waals surface area contributed by atoms with Crippen LogP contribution >= 0.6 is 0 Å². The molecule has 2 amide bonds. The lowest BCUT2D eigenvalue weighted by Crippen LogP contribution is -2.48. The Kier molecular flexibility index (Phi) is 7.28. The number of nitrogens with one attached hydrogen (secondary N) is 1. The molecule has 2 saturated heterocycles. The Labute approximate surface area is 167 Å². The first kappa shape index (κ1) is 20.6. The van der Waals surface area contributed by atoms with Crippen molar-refractivity contribution in [3.05, 3.63) is 29.8 Å². The summed E-state index contributed by atoms with van der Waals surface area (Å²) < 4.78 is 6.15. The molecular formula is C21H32N4O3. The molecule has 0 spiro atoms. The van der Waals surface area contributed by atoms with E-state index in [9.17, 15) is 9.59 Å². The number of ether oxygens (including phenoxy) is 1. The maximum absolute atomic E-state index is 12.2. The van der Waals surface area contributed by atoms with Gasteiger partial charge in [-0.1, -0.05) is 6.07 Å². The zero-order valence-corrected chi connectivity index (χ0v) is 16.7. The Morgan fingerprint density at radius 1 is 1.14 bits per heavy atom. The highest BCUT2D eigenvalue weighted by Gasteiger charge is 2.28. The number of carbonyl (C=O) groups is 2. The van der Waals surface area contributed by atoms with Gasteiger partial charge in [0, 0.05) is 37.7 Å². The highest BCUT2D eigenvalue weighted by Crippen LogP contribution is 2.24. The third kappa shape index (κ3) is 5.94. The van der Waals surface area contributed by atoms with E-state index >= 15 is 0 Å². The van der Waals surface area contributed by atoms with Crippen LogP contribution < -0.4 is 15.8 Å². The molecule has 3 rings (SSSR count). The third-order valence-corrected chi connectivity index (χ3v) is 5.74. The molecule has 7 nitrogen and oxygen atoms in total. The topological polar surface area (TPSA) is 87.9 Å². The van der Waals surface area contributed by atoms with Crippen LogP contribution in [0.15, 0.2) is 24.3 Å². The number of benzene rings is 1. The van der Waals surface area contributed by atoms with E-state index in [0.717, 1.165) is 31.7 Å². The molecule has 154 valence electrons. The highest BCUT2D eigenvalue weighted by atomic mass is 16.5. The van der Waals surface area contributed by atoms with Crippen LogP contribution in [0.3, 0.4) is 0 Å². The number of amides is 2. The second-order valence-electron chi connectivity index (χ2n) is 7.89. The fourth-order valence-electron chi connectivity index (χ4n) is 4.02. The Hall–Kier alpha value is -2.12. The lowest BCUT2D eigenvalue weighted by molar-refractivity contribution is -0.117. The van der Waals surface area contributed by atoms with Gasteiger partial charge in [0.05, 0.1) is 0 Å². The van der Waals surface area contributed by atoms with Crippen LogP contribution in [0.1, 0.15) is 42.5 Å². The number of likely N-dealkylation sites (tertiary alicyclic amines) is 2. The second kappa shape index (κ2) is 9.89. The lowest BCUT2D eigenvalue weighted by atomic mass is 9.99. The number of hydrogen-bond acceptors (Lipinski definition) is 5. The lowest BCUT2D eigenvalue weighted by Gasteiger charge is -2.41. The van der Waals surface area contributed by atoms with Crippen molar-refractivity contribution >= 4 is 11.8 Å². The number of nitrogens with zero attached hydrogens (tertiary/aromatic N) is 2. The van der Waals surface area contributed by atoms with Crippen LogP contribution in [0, 0.1) is 0 Å². The summed E-state index contributed by atoms with van der Waals surface area (Å²) in [6, 6.07) is 7.94. The van der Waals surface area contributed by atoms with E-state index in [0.29, 0.717) is 11.6 Å². The molecule has 0 radical (unpaired) electrons. The molecule has 0 saturated carbocycles. The molecule has 2 aliphatic rings. The van der Waals surface area contributed by atoms with Gasteiger partial charge in [-0.15, -0.1) is 0 Å². The van der Waals surface area contributed by atoms with E-state index in [4.69, 9.17) is 10.5 Å². The van der Waals surface area contributed by atoms with Crippen molar-refractivity contribution < 1.29 is 14.3 Å². The van der Waals surface area contributed by atoms with Crippen LogP contribution in [0.25, 0.3) is 0 Å². The predicted molar refractivity (Wildman–Crippen MR) is 108 cm³/mol. The van der Waals surface area contributed by atoms with Gasteiger partial charge < -0.3 is 25.6 Å². The molecule has 2 aliphatic heterocycles. The van der Waals surface area contributed by atoms with Gasteiger partial charge in [-0.2, -0.15) is 0 Å². The third-order valence-electron chi connectivity index (χ3n) is 5.74. The van der Waals surface area contributed by atoms with Crippen LogP contribution in [0.2, 0.25) is 0 Å². The number of rotatable bonds is 7. The molecule has 0 aliphatic carbocycles. The monoisotopic (exact) mass is 388 g/mol. The first-order chi connectivity index (χ1) is 13.5. The van der Waals surface area contributed by atoms with Crippen LogP contribution in [0.4, 0.5) is 0 Å². The summed E-state index contributed by atoms with van der Waals surface area (Å²) in [7, 11) is 2.20. The molecule has 0 aromatic heterocycles. The quantitative estimate of drug-likeness (QED) is 0.734. The van der Waals surface area contributed by atoms with Gasteiger partial charge in [0.15, 0.2) is 0 Å².